The third-order valence-electron chi connectivity index (χ3n) is 3.01. The molecule has 1 aromatic carbocycles. The van der Waals surface area contributed by atoms with E-state index in [0.717, 1.165) is 12.8 Å². The molecule has 1 aliphatic heterocycles. The van der Waals surface area contributed by atoms with Crippen molar-refractivity contribution in [1.82, 2.24) is 0 Å². The van der Waals surface area contributed by atoms with Crippen molar-refractivity contribution in [2.45, 2.75) is 25.4 Å². The maximum Gasteiger partial charge on any atom is 0.226 e. The highest BCUT2D eigenvalue weighted by molar-refractivity contribution is 5.91. The predicted octanol–water partition coefficient (Wildman–Crippen LogP) is 1.64. The Hall–Kier alpha value is -1.90. The summed E-state index contributed by atoms with van der Waals surface area (Å²) in [5, 5.41) is 2.73. The molecule has 20 heavy (non-hydrogen) atoms. The normalized spacial score (nSPS) is 17.4. The SMILES string of the molecule is NCC#Cc1cc(NC(=O)CC2CCCO2)ccc1F. The predicted molar refractivity (Wildman–Crippen MR) is 74.6 cm³/mol. The molecule has 0 spiro atoms. The van der Waals surface area contributed by atoms with Crippen LogP contribution in [0, 0.1) is 17.7 Å². The Labute approximate surface area is 117 Å². The molecule has 1 atom stereocenters. The number of amides is 1. The van der Waals surface area contributed by atoms with Crippen molar-refractivity contribution in [2.24, 2.45) is 5.73 Å². The van der Waals surface area contributed by atoms with E-state index in [9.17, 15) is 9.18 Å². The Bertz CT molecular complexity index is 543. The highest BCUT2D eigenvalue weighted by Gasteiger charge is 2.19. The lowest BCUT2D eigenvalue weighted by Gasteiger charge is -2.10. The molecule has 1 unspecified atom stereocenters. The van der Waals surface area contributed by atoms with Crippen molar-refractivity contribution in [1.29, 1.82) is 0 Å². The number of carbonyl (C=O) groups excluding carboxylic acids is 1. The summed E-state index contributed by atoms with van der Waals surface area (Å²) in [6.45, 7) is 0.877. The molecule has 1 heterocycles. The summed E-state index contributed by atoms with van der Waals surface area (Å²) in [5.74, 6) is 4.66. The van der Waals surface area contributed by atoms with Gasteiger partial charge in [-0.2, -0.15) is 0 Å². The zero-order valence-electron chi connectivity index (χ0n) is 11.1. The van der Waals surface area contributed by atoms with Crippen molar-refractivity contribution >= 4 is 11.6 Å². The first-order valence-electron chi connectivity index (χ1n) is 6.59. The van der Waals surface area contributed by atoms with E-state index in [-0.39, 0.29) is 24.1 Å². The van der Waals surface area contributed by atoms with Crippen LogP contribution in [-0.4, -0.2) is 25.2 Å². The maximum atomic E-state index is 13.5. The number of hydrogen-bond donors (Lipinski definition) is 2. The number of ether oxygens (including phenoxy) is 1. The zero-order chi connectivity index (χ0) is 14.4. The van der Waals surface area contributed by atoms with Crippen LogP contribution in [0.15, 0.2) is 18.2 Å². The fraction of sp³-hybridized carbons (Fsp3) is 0.400. The van der Waals surface area contributed by atoms with Crippen LogP contribution in [0.3, 0.4) is 0 Å². The molecule has 1 amide bonds. The first kappa shape index (κ1) is 14.5. The van der Waals surface area contributed by atoms with Gasteiger partial charge in [0.05, 0.1) is 24.6 Å². The molecule has 0 saturated carbocycles. The Balaban J connectivity index is 1.99. The minimum atomic E-state index is -0.428. The number of anilines is 1. The number of carbonyl (C=O) groups is 1. The second-order valence-electron chi connectivity index (χ2n) is 4.59. The topological polar surface area (TPSA) is 64.3 Å². The minimum absolute atomic E-state index is 0.00745. The molecule has 1 saturated heterocycles. The highest BCUT2D eigenvalue weighted by atomic mass is 19.1. The molecule has 2 rings (SSSR count). The van der Waals surface area contributed by atoms with Gasteiger partial charge in [-0.25, -0.2) is 4.39 Å². The fourth-order valence-electron chi connectivity index (χ4n) is 2.07. The number of hydrogen-bond acceptors (Lipinski definition) is 3. The maximum absolute atomic E-state index is 13.5. The third kappa shape index (κ3) is 4.05. The van der Waals surface area contributed by atoms with Crippen molar-refractivity contribution in [3.63, 3.8) is 0 Å². The summed E-state index contributed by atoms with van der Waals surface area (Å²) >= 11 is 0. The molecule has 0 aliphatic carbocycles. The number of nitrogens with one attached hydrogen (secondary N) is 1. The van der Waals surface area contributed by atoms with Gasteiger partial charge in [0.1, 0.15) is 5.82 Å². The van der Waals surface area contributed by atoms with Gasteiger partial charge < -0.3 is 15.8 Å². The monoisotopic (exact) mass is 276 g/mol. The van der Waals surface area contributed by atoms with Gasteiger partial charge in [-0.3, -0.25) is 4.79 Å². The highest BCUT2D eigenvalue weighted by Crippen LogP contribution is 2.18. The quantitative estimate of drug-likeness (QED) is 0.825. The molecule has 5 heteroatoms. The Morgan fingerprint density at radius 2 is 2.40 bits per heavy atom. The molecule has 1 aromatic rings. The second kappa shape index (κ2) is 7.04. The van der Waals surface area contributed by atoms with E-state index in [4.69, 9.17) is 10.5 Å². The molecule has 0 bridgehead atoms. The molecule has 4 nitrogen and oxygen atoms in total. The molecule has 0 aromatic heterocycles. The number of halogens is 1. The molecule has 1 fully saturated rings. The van der Waals surface area contributed by atoms with Crippen LogP contribution in [0.25, 0.3) is 0 Å². The van der Waals surface area contributed by atoms with Crippen LogP contribution in [-0.2, 0) is 9.53 Å². The van der Waals surface area contributed by atoms with E-state index >= 15 is 0 Å². The summed E-state index contributed by atoms with van der Waals surface area (Å²) < 4.78 is 18.9. The van der Waals surface area contributed by atoms with Crippen LogP contribution >= 0.6 is 0 Å². The van der Waals surface area contributed by atoms with Crippen molar-refractivity contribution < 1.29 is 13.9 Å². The molecule has 106 valence electrons. The van der Waals surface area contributed by atoms with Crippen LogP contribution in [0.2, 0.25) is 0 Å². The van der Waals surface area contributed by atoms with Crippen LogP contribution in [0.5, 0.6) is 0 Å². The van der Waals surface area contributed by atoms with Gasteiger partial charge in [0.25, 0.3) is 0 Å². The van der Waals surface area contributed by atoms with E-state index < -0.39 is 5.82 Å². The average molecular weight is 276 g/mol. The lowest BCUT2D eigenvalue weighted by Crippen LogP contribution is -2.19. The minimum Gasteiger partial charge on any atom is -0.378 e. The fourth-order valence-corrected chi connectivity index (χ4v) is 2.07. The Kier molecular flexibility index (Phi) is 5.10. The van der Waals surface area contributed by atoms with E-state index in [0.29, 0.717) is 18.7 Å². The average Bonchev–Trinajstić information content (AvgIpc) is 2.92. The summed E-state index contributed by atoms with van der Waals surface area (Å²) in [6.07, 6.45) is 2.21. The Morgan fingerprint density at radius 1 is 1.55 bits per heavy atom. The Morgan fingerprint density at radius 3 is 3.10 bits per heavy atom. The molecule has 3 N–H and O–H groups in total. The first-order valence-corrected chi connectivity index (χ1v) is 6.59. The molecule has 0 radical (unpaired) electrons. The van der Waals surface area contributed by atoms with Crippen LogP contribution in [0.4, 0.5) is 10.1 Å². The summed E-state index contributed by atoms with van der Waals surface area (Å²) in [4.78, 5) is 11.8. The van der Waals surface area contributed by atoms with Crippen LogP contribution in [0.1, 0.15) is 24.8 Å². The summed E-state index contributed by atoms with van der Waals surface area (Å²) in [6, 6.07) is 4.30. The van der Waals surface area contributed by atoms with Gasteiger partial charge in [0.2, 0.25) is 5.91 Å². The number of benzene rings is 1. The zero-order valence-corrected chi connectivity index (χ0v) is 11.1. The van der Waals surface area contributed by atoms with Gasteiger partial charge in [0, 0.05) is 12.3 Å². The van der Waals surface area contributed by atoms with Gasteiger partial charge in [-0.15, -0.1) is 0 Å². The first-order chi connectivity index (χ1) is 9.69. The van der Waals surface area contributed by atoms with Gasteiger partial charge >= 0.3 is 0 Å². The standard InChI is InChI=1S/C15H17FN2O2/c16-14-6-5-12(9-11(14)3-1-7-17)18-15(19)10-13-4-2-8-20-13/h5-6,9,13H,2,4,7-8,10,17H2,(H,18,19). The van der Waals surface area contributed by atoms with E-state index in [1.807, 2.05) is 0 Å². The van der Waals surface area contributed by atoms with Crippen molar-refractivity contribution in [3.8, 4) is 11.8 Å². The summed E-state index contributed by atoms with van der Waals surface area (Å²) in [7, 11) is 0. The molecular formula is C15H17FN2O2. The van der Waals surface area contributed by atoms with E-state index in [2.05, 4.69) is 17.2 Å². The largest absolute Gasteiger partial charge is 0.378 e. The van der Waals surface area contributed by atoms with Gasteiger partial charge in [-0.1, -0.05) is 11.8 Å². The van der Waals surface area contributed by atoms with Crippen molar-refractivity contribution in [3.05, 3.63) is 29.6 Å². The number of nitrogens with two attached hydrogens (primary N) is 1. The van der Waals surface area contributed by atoms with Crippen LogP contribution < -0.4 is 11.1 Å². The number of rotatable bonds is 3. The smallest absolute Gasteiger partial charge is 0.226 e. The van der Waals surface area contributed by atoms with Crippen molar-refractivity contribution in [2.75, 3.05) is 18.5 Å². The lowest BCUT2D eigenvalue weighted by atomic mass is 10.1. The van der Waals surface area contributed by atoms with E-state index in [1.54, 1.807) is 0 Å². The molecular weight excluding hydrogens is 259 g/mol. The summed E-state index contributed by atoms with van der Waals surface area (Å²) in [5.41, 5.74) is 6.01. The second-order valence-corrected chi connectivity index (χ2v) is 4.59. The lowest BCUT2D eigenvalue weighted by molar-refractivity contribution is -0.118. The third-order valence-corrected chi connectivity index (χ3v) is 3.01. The van der Waals surface area contributed by atoms with Gasteiger partial charge in [0.15, 0.2) is 0 Å². The van der Waals surface area contributed by atoms with E-state index in [1.165, 1.54) is 18.2 Å². The molecule has 1 aliphatic rings. The van der Waals surface area contributed by atoms with Gasteiger partial charge in [-0.05, 0) is 31.0 Å².